The number of rotatable bonds is 6. The molecule has 0 fully saturated rings. The molecule has 2 aromatic rings. The topological polar surface area (TPSA) is 36.4 Å². The molecular weight excluding hydrogens is 296 g/mol. The first kappa shape index (κ1) is 16.9. The van der Waals surface area contributed by atoms with Crippen LogP contribution in [0, 0.1) is 11.6 Å². The largest absolute Gasteiger partial charge is 0.357 e. The summed E-state index contributed by atoms with van der Waals surface area (Å²) < 4.78 is 27.2. The van der Waals surface area contributed by atoms with Crippen molar-refractivity contribution < 1.29 is 8.78 Å². The Morgan fingerprint density at radius 3 is 2.30 bits per heavy atom. The van der Waals surface area contributed by atoms with Gasteiger partial charge in [-0.1, -0.05) is 36.4 Å². The van der Waals surface area contributed by atoms with E-state index in [1.165, 1.54) is 18.2 Å². The average molecular weight is 317 g/mol. The van der Waals surface area contributed by atoms with Gasteiger partial charge in [-0.2, -0.15) is 0 Å². The first-order valence-electron chi connectivity index (χ1n) is 7.69. The predicted octanol–water partition coefficient (Wildman–Crippen LogP) is 3.26. The van der Waals surface area contributed by atoms with Gasteiger partial charge in [-0.3, -0.25) is 0 Å². The van der Waals surface area contributed by atoms with Gasteiger partial charge in [0.2, 0.25) is 0 Å². The van der Waals surface area contributed by atoms with E-state index < -0.39 is 11.6 Å². The summed E-state index contributed by atoms with van der Waals surface area (Å²) in [7, 11) is 0. The van der Waals surface area contributed by atoms with Crippen molar-refractivity contribution in [3.05, 3.63) is 71.3 Å². The van der Waals surface area contributed by atoms with Crippen LogP contribution in [0.25, 0.3) is 0 Å². The highest BCUT2D eigenvalue weighted by molar-refractivity contribution is 5.79. The van der Waals surface area contributed by atoms with Gasteiger partial charge >= 0.3 is 0 Å². The zero-order valence-electron chi connectivity index (χ0n) is 13.2. The molecule has 2 N–H and O–H groups in total. The molecule has 5 heteroatoms. The van der Waals surface area contributed by atoms with E-state index in [0.717, 1.165) is 5.56 Å². The first-order chi connectivity index (χ1) is 11.2. The van der Waals surface area contributed by atoms with E-state index in [2.05, 4.69) is 15.6 Å². The molecule has 3 nitrogen and oxygen atoms in total. The van der Waals surface area contributed by atoms with Crippen LogP contribution in [0.5, 0.6) is 0 Å². The molecule has 2 rings (SSSR count). The molecule has 0 aromatic heterocycles. The van der Waals surface area contributed by atoms with Gasteiger partial charge in [-0.25, -0.2) is 13.8 Å². The normalized spacial score (nSPS) is 11.3. The van der Waals surface area contributed by atoms with Crippen LogP contribution >= 0.6 is 0 Å². The molecule has 122 valence electrons. The van der Waals surface area contributed by atoms with Gasteiger partial charge in [-0.05, 0) is 31.0 Å². The highest BCUT2D eigenvalue weighted by Gasteiger charge is 2.08. The van der Waals surface area contributed by atoms with Crippen molar-refractivity contribution in [2.45, 2.75) is 19.9 Å². The van der Waals surface area contributed by atoms with Crippen molar-refractivity contribution >= 4 is 5.96 Å². The minimum atomic E-state index is -0.516. The molecule has 0 amide bonds. The van der Waals surface area contributed by atoms with Crippen LogP contribution in [-0.2, 0) is 13.0 Å². The lowest BCUT2D eigenvalue weighted by atomic mass is 10.1. The van der Waals surface area contributed by atoms with Crippen molar-refractivity contribution in [2.24, 2.45) is 4.99 Å². The Kier molecular flexibility index (Phi) is 6.54. The van der Waals surface area contributed by atoms with Crippen LogP contribution in [-0.4, -0.2) is 19.0 Å². The highest BCUT2D eigenvalue weighted by atomic mass is 19.1. The van der Waals surface area contributed by atoms with E-state index in [4.69, 9.17) is 0 Å². The molecule has 0 aliphatic heterocycles. The van der Waals surface area contributed by atoms with Crippen LogP contribution in [0.3, 0.4) is 0 Å². The molecule has 0 heterocycles. The lowest BCUT2D eigenvalue weighted by Crippen LogP contribution is -2.38. The Balaban J connectivity index is 1.92. The lowest BCUT2D eigenvalue weighted by molar-refractivity contribution is 0.553. The van der Waals surface area contributed by atoms with E-state index in [1.807, 2.05) is 37.3 Å². The maximum Gasteiger partial charge on any atom is 0.191 e. The second-order valence-electron chi connectivity index (χ2n) is 5.06. The van der Waals surface area contributed by atoms with Gasteiger partial charge in [0.1, 0.15) is 11.6 Å². The van der Waals surface area contributed by atoms with Crippen LogP contribution in [0.15, 0.2) is 53.5 Å². The Bertz CT molecular complexity index is 622. The molecule has 0 spiro atoms. The summed E-state index contributed by atoms with van der Waals surface area (Å²) in [5, 5.41) is 6.22. The third-order valence-electron chi connectivity index (χ3n) is 3.34. The van der Waals surface area contributed by atoms with Gasteiger partial charge in [0.25, 0.3) is 0 Å². The fourth-order valence-corrected chi connectivity index (χ4v) is 2.17. The number of benzene rings is 2. The van der Waals surface area contributed by atoms with Crippen LogP contribution in [0.1, 0.15) is 18.1 Å². The number of halogens is 2. The van der Waals surface area contributed by atoms with Crippen molar-refractivity contribution in [1.82, 2.24) is 10.6 Å². The van der Waals surface area contributed by atoms with E-state index in [-0.39, 0.29) is 12.0 Å². The molecule has 0 saturated heterocycles. The second-order valence-corrected chi connectivity index (χ2v) is 5.06. The third-order valence-corrected chi connectivity index (χ3v) is 3.34. The van der Waals surface area contributed by atoms with Gasteiger partial charge in [0, 0.05) is 18.7 Å². The molecule has 0 radical (unpaired) electrons. The molecular formula is C18H21F2N3. The number of nitrogens with zero attached hydrogens (tertiary/aromatic N) is 1. The molecule has 0 saturated carbocycles. The molecule has 0 aliphatic carbocycles. The number of aliphatic imine (C=N–C) groups is 1. The number of hydrogen-bond donors (Lipinski definition) is 2. The molecule has 0 bridgehead atoms. The summed E-state index contributed by atoms with van der Waals surface area (Å²) in [5.41, 5.74) is 1.20. The Labute approximate surface area is 135 Å². The SMILES string of the molecule is CCNC(=NCc1ccccc1)NCCc1c(F)cccc1F. The minimum Gasteiger partial charge on any atom is -0.357 e. The maximum absolute atomic E-state index is 13.6. The maximum atomic E-state index is 13.6. The Morgan fingerprint density at radius 2 is 1.65 bits per heavy atom. The fourth-order valence-electron chi connectivity index (χ4n) is 2.17. The lowest BCUT2D eigenvalue weighted by Gasteiger charge is -2.12. The zero-order valence-corrected chi connectivity index (χ0v) is 13.2. The fraction of sp³-hybridized carbons (Fsp3) is 0.278. The first-order valence-corrected chi connectivity index (χ1v) is 7.69. The van der Waals surface area contributed by atoms with Gasteiger partial charge in [0.15, 0.2) is 5.96 Å². The van der Waals surface area contributed by atoms with E-state index in [9.17, 15) is 8.78 Å². The second kappa shape index (κ2) is 8.88. The summed E-state index contributed by atoms with van der Waals surface area (Å²) in [6, 6.07) is 13.8. The molecule has 2 aromatic carbocycles. The number of guanidine groups is 1. The monoisotopic (exact) mass is 317 g/mol. The van der Waals surface area contributed by atoms with Gasteiger partial charge in [-0.15, -0.1) is 0 Å². The summed E-state index contributed by atoms with van der Waals surface area (Å²) in [6.45, 7) is 3.63. The Hall–Kier alpha value is -2.43. The van der Waals surface area contributed by atoms with E-state index >= 15 is 0 Å². The molecule has 23 heavy (non-hydrogen) atoms. The van der Waals surface area contributed by atoms with Crippen molar-refractivity contribution in [3.8, 4) is 0 Å². The number of nitrogens with one attached hydrogen (secondary N) is 2. The molecule has 0 atom stereocenters. The zero-order chi connectivity index (χ0) is 16.5. The number of hydrogen-bond acceptors (Lipinski definition) is 1. The summed E-state index contributed by atoms with van der Waals surface area (Å²) in [6.07, 6.45) is 0.258. The molecule has 0 aliphatic rings. The van der Waals surface area contributed by atoms with Gasteiger partial charge < -0.3 is 10.6 Å². The summed E-state index contributed by atoms with van der Waals surface area (Å²) in [5.74, 6) is -0.399. The standard InChI is InChI=1S/C18H21F2N3/c1-2-21-18(23-13-14-7-4-3-5-8-14)22-12-11-15-16(19)9-6-10-17(15)20/h3-10H,2,11-13H2,1H3,(H2,21,22,23). The average Bonchev–Trinajstić information content (AvgIpc) is 2.56. The van der Waals surface area contributed by atoms with Gasteiger partial charge in [0.05, 0.1) is 6.54 Å². The Morgan fingerprint density at radius 1 is 0.957 bits per heavy atom. The molecule has 0 unspecified atom stereocenters. The third kappa shape index (κ3) is 5.36. The quantitative estimate of drug-likeness (QED) is 0.634. The van der Waals surface area contributed by atoms with Crippen molar-refractivity contribution in [3.63, 3.8) is 0 Å². The van der Waals surface area contributed by atoms with Crippen molar-refractivity contribution in [2.75, 3.05) is 13.1 Å². The van der Waals surface area contributed by atoms with Crippen LogP contribution in [0.2, 0.25) is 0 Å². The smallest absolute Gasteiger partial charge is 0.191 e. The van der Waals surface area contributed by atoms with Crippen molar-refractivity contribution in [1.29, 1.82) is 0 Å². The van der Waals surface area contributed by atoms with E-state index in [0.29, 0.717) is 25.6 Å². The minimum absolute atomic E-state index is 0.0962. The summed E-state index contributed by atoms with van der Waals surface area (Å²) >= 11 is 0. The predicted molar refractivity (Wildman–Crippen MR) is 89.3 cm³/mol. The highest BCUT2D eigenvalue weighted by Crippen LogP contribution is 2.12. The van der Waals surface area contributed by atoms with Crippen LogP contribution in [0.4, 0.5) is 8.78 Å². The van der Waals surface area contributed by atoms with Crippen LogP contribution < -0.4 is 10.6 Å². The van der Waals surface area contributed by atoms with E-state index in [1.54, 1.807) is 0 Å². The summed E-state index contributed by atoms with van der Waals surface area (Å²) in [4.78, 5) is 4.47.